The van der Waals surface area contributed by atoms with E-state index in [1.807, 2.05) is 39.8 Å². The largest absolute Gasteiger partial charge is 0.490 e. The van der Waals surface area contributed by atoms with Crippen molar-refractivity contribution in [2.75, 3.05) is 13.2 Å². The van der Waals surface area contributed by atoms with Crippen molar-refractivity contribution in [1.82, 2.24) is 9.66 Å². The highest BCUT2D eigenvalue weighted by molar-refractivity contribution is 9.10. The van der Waals surface area contributed by atoms with E-state index >= 15 is 0 Å². The fourth-order valence-electron chi connectivity index (χ4n) is 3.07. The van der Waals surface area contributed by atoms with E-state index in [0.717, 1.165) is 4.47 Å². The van der Waals surface area contributed by atoms with Crippen molar-refractivity contribution in [2.45, 2.75) is 33.1 Å². The molecular weight excluding hydrogens is 494 g/mol. The summed E-state index contributed by atoms with van der Waals surface area (Å²) >= 11 is 9.85. The molecule has 0 unspecified atom stereocenters. The molecule has 0 N–H and O–H groups in total. The number of benzene rings is 2. The van der Waals surface area contributed by atoms with Gasteiger partial charge >= 0.3 is 0 Å². The number of fused-ring (bicyclic) bond motifs is 1. The maximum absolute atomic E-state index is 13.3. The molecular formula is C24H25BrClN3O3. The number of halogens is 2. The lowest BCUT2D eigenvalue weighted by atomic mass is 9.95. The van der Waals surface area contributed by atoms with E-state index in [9.17, 15) is 4.79 Å². The lowest BCUT2D eigenvalue weighted by Gasteiger charge is -2.21. The van der Waals surface area contributed by atoms with Crippen molar-refractivity contribution in [3.8, 4) is 11.5 Å². The van der Waals surface area contributed by atoms with Crippen LogP contribution in [0, 0.1) is 0 Å². The second-order valence-corrected chi connectivity index (χ2v) is 9.39. The minimum absolute atomic E-state index is 0.250. The number of hydrogen-bond acceptors (Lipinski definition) is 5. The number of rotatable bonds is 7. The van der Waals surface area contributed by atoms with Crippen LogP contribution < -0.4 is 15.0 Å². The van der Waals surface area contributed by atoms with E-state index < -0.39 is 5.41 Å². The van der Waals surface area contributed by atoms with E-state index in [2.05, 4.69) is 27.6 Å². The molecule has 2 aromatic carbocycles. The fourth-order valence-corrected chi connectivity index (χ4v) is 3.71. The maximum atomic E-state index is 13.3. The Hall–Kier alpha value is -2.64. The van der Waals surface area contributed by atoms with Gasteiger partial charge in [-0.3, -0.25) is 4.79 Å². The van der Waals surface area contributed by atoms with Crippen molar-refractivity contribution in [1.29, 1.82) is 0 Å². The molecule has 0 amide bonds. The molecule has 0 aliphatic rings. The van der Waals surface area contributed by atoms with Gasteiger partial charge in [0.05, 0.1) is 28.7 Å². The van der Waals surface area contributed by atoms with Gasteiger partial charge in [-0.05, 0) is 42.8 Å². The third-order valence-electron chi connectivity index (χ3n) is 4.48. The van der Waals surface area contributed by atoms with Crippen molar-refractivity contribution in [3.05, 3.63) is 74.2 Å². The summed E-state index contributed by atoms with van der Waals surface area (Å²) in [5, 5.41) is 5.34. The topological polar surface area (TPSA) is 65.7 Å². The van der Waals surface area contributed by atoms with Crippen LogP contribution in [0.15, 0.2) is 57.4 Å². The summed E-state index contributed by atoms with van der Waals surface area (Å²) in [5.74, 6) is 1.48. The van der Waals surface area contributed by atoms with Gasteiger partial charge in [-0.2, -0.15) is 9.78 Å². The molecule has 168 valence electrons. The highest BCUT2D eigenvalue weighted by Gasteiger charge is 2.23. The molecule has 32 heavy (non-hydrogen) atoms. The van der Waals surface area contributed by atoms with Crippen molar-refractivity contribution in [2.24, 2.45) is 5.10 Å². The van der Waals surface area contributed by atoms with Crippen LogP contribution in [0.5, 0.6) is 11.5 Å². The SMILES string of the molecule is C=CCOc1c(Cl)cc(C=Nn2c(C(C)(C)C)nc3ccc(Br)cc3c2=O)cc1OCC. The smallest absolute Gasteiger partial charge is 0.282 e. The van der Waals surface area contributed by atoms with E-state index in [4.69, 9.17) is 26.1 Å². The van der Waals surface area contributed by atoms with Gasteiger partial charge in [0.1, 0.15) is 12.4 Å². The second kappa shape index (κ2) is 9.88. The molecule has 0 saturated carbocycles. The normalized spacial score (nSPS) is 11.8. The highest BCUT2D eigenvalue weighted by Crippen LogP contribution is 2.36. The predicted octanol–water partition coefficient (Wildman–Crippen LogP) is 5.96. The molecule has 1 heterocycles. The van der Waals surface area contributed by atoms with Crippen LogP contribution in [-0.4, -0.2) is 29.1 Å². The zero-order chi connectivity index (χ0) is 23.5. The average Bonchev–Trinajstić information content (AvgIpc) is 2.72. The van der Waals surface area contributed by atoms with Crippen LogP contribution in [0.25, 0.3) is 10.9 Å². The van der Waals surface area contributed by atoms with Crippen LogP contribution in [0.1, 0.15) is 39.1 Å². The summed E-state index contributed by atoms with van der Waals surface area (Å²) in [6.07, 6.45) is 3.20. The van der Waals surface area contributed by atoms with Crippen LogP contribution >= 0.6 is 27.5 Å². The lowest BCUT2D eigenvalue weighted by Crippen LogP contribution is -2.29. The molecule has 0 saturated heterocycles. The summed E-state index contributed by atoms with van der Waals surface area (Å²) < 4.78 is 13.5. The molecule has 1 aromatic heterocycles. The second-order valence-electron chi connectivity index (χ2n) is 8.07. The van der Waals surface area contributed by atoms with Crippen molar-refractivity contribution < 1.29 is 9.47 Å². The van der Waals surface area contributed by atoms with Gasteiger partial charge in [-0.15, -0.1) is 0 Å². The van der Waals surface area contributed by atoms with Crippen molar-refractivity contribution in [3.63, 3.8) is 0 Å². The Morgan fingerprint density at radius 1 is 1.25 bits per heavy atom. The Morgan fingerprint density at radius 3 is 2.66 bits per heavy atom. The third kappa shape index (κ3) is 5.22. The van der Waals surface area contributed by atoms with Gasteiger partial charge < -0.3 is 9.47 Å². The molecule has 6 nitrogen and oxygen atoms in total. The summed E-state index contributed by atoms with van der Waals surface area (Å²) in [6, 6.07) is 8.91. The van der Waals surface area contributed by atoms with Crippen LogP contribution in [-0.2, 0) is 5.41 Å². The van der Waals surface area contributed by atoms with E-state index in [1.54, 1.807) is 30.5 Å². The zero-order valence-electron chi connectivity index (χ0n) is 18.5. The average molecular weight is 519 g/mol. The van der Waals surface area contributed by atoms with Gasteiger partial charge in [0, 0.05) is 9.89 Å². The molecule has 8 heteroatoms. The van der Waals surface area contributed by atoms with Gasteiger partial charge in [-0.25, -0.2) is 4.98 Å². The van der Waals surface area contributed by atoms with E-state index in [1.165, 1.54) is 4.68 Å². The van der Waals surface area contributed by atoms with Gasteiger partial charge in [0.2, 0.25) is 0 Å². The van der Waals surface area contributed by atoms with Crippen molar-refractivity contribution >= 4 is 44.6 Å². The number of ether oxygens (including phenoxy) is 2. The maximum Gasteiger partial charge on any atom is 0.282 e. The predicted molar refractivity (Wildman–Crippen MR) is 134 cm³/mol. The highest BCUT2D eigenvalue weighted by atomic mass is 79.9. The minimum atomic E-state index is -0.408. The number of aromatic nitrogens is 2. The zero-order valence-corrected chi connectivity index (χ0v) is 20.8. The summed E-state index contributed by atoms with van der Waals surface area (Å²) in [4.78, 5) is 18.0. The molecule has 3 rings (SSSR count). The quantitative estimate of drug-likeness (QED) is 0.286. The van der Waals surface area contributed by atoms with Gasteiger partial charge in [0.25, 0.3) is 5.56 Å². The Balaban J connectivity index is 2.14. The molecule has 3 aromatic rings. The molecule has 0 radical (unpaired) electrons. The lowest BCUT2D eigenvalue weighted by molar-refractivity contribution is 0.297. The van der Waals surface area contributed by atoms with Gasteiger partial charge in [-0.1, -0.05) is 61.0 Å². The van der Waals surface area contributed by atoms with Crippen LogP contribution in [0.3, 0.4) is 0 Å². The first-order valence-corrected chi connectivity index (χ1v) is 11.3. The summed E-state index contributed by atoms with van der Waals surface area (Å²) in [5.41, 5.74) is 0.624. The van der Waals surface area contributed by atoms with Crippen LogP contribution in [0.4, 0.5) is 0 Å². The molecule has 0 bridgehead atoms. The number of nitrogens with zero attached hydrogens (tertiary/aromatic N) is 3. The Kier molecular flexibility index (Phi) is 7.41. The third-order valence-corrected chi connectivity index (χ3v) is 5.25. The molecule has 0 fully saturated rings. The van der Waals surface area contributed by atoms with E-state index in [-0.39, 0.29) is 5.56 Å². The Labute approximate surface area is 200 Å². The Bertz CT molecular complexity index is 1250. The van der Waals surface area contributed by atoms with E-state index in [0.29, 0.717) is 52.0 Å². The first-order valence-electron chi connectivity index (χ1n) is 10.1. The number of hydrogen-bond donors (Lipinski definition) is 0. The fraction of sp³-hybridized carbons (Fsp3) is 0.292. The van der Waals surface area contributed by atoms with Crippen LogP contribution in [0.2, 0.25) is 5.02 Å². The monoisotopic (exact) mass is 517 g/mol. The van der Waals surface area contributed by atoms with Gasteiger partial charge in [0.15, 0.2) is 11.5 Å². The molecule has 0 atom stereocenters. The summed E-state index contributed by atoms with van der Waals surface area (Å²) in [6.45, 7) is 12.2. The minimum Gasteiger partial charge on any atom is -0.490 e. The Morgan fingerprint density at radius 2 is 2.00 bits per heavy atom. The standard InChI is InChI=1S/C24H25BrClN3O3/c1-6-10-32-21-18(26)11-15(12-20(21)31-7-2)14-27-29-22(30)17-13-16(25)8-9-19(17)28-23(29)24(3,4)5/h6,8-9,11-14H,1,7,10H2,2-5H3. The molecule has 0 aliphatic carbocycles. The summed E-state index contributed by atoms with van der Waals surface area (Å²) in [7, 11) is 0. The first kappa shape index (κ1) is 24.0. The molecule has 0 spiro atoms. The first-order chi connectivity index (χ1) is 15.2. The molecule has 0 aliphatic heterocycles.